The van der Waals surface area contributed by atoms with Crippen molar-refractivity contribution in [2.75, 3.05) is 7.11 Å². The van der Waals surface area contributed by atoms with Crippen molar-refractivity contribution in [3.63, 3.8) is 0 Å². The predicted octanol–water partition coefficient (Wildman–Crippen LogP) is 3.20. The summed E-state index contributed by atoms with van der Waals surface area (Å²) in [7, 11) is 1.64. The van der Waals surface area contributed by atoms with E-state index in [0.29, 0.717) is 5.88 Å². The van der Waals surface area contributed by atoms with Gasteiger partial charge in [-0.05, 0) is 33.6 Å². The van der Waals surface area contributed by atoms with Crippen LogP contribution < -0.4 is 4.74 Å². The van der Waals surface area contributed by atoms with Crippen LogP contribution in [0.2, 0.25) is 0 Å². The molecule has 0 aliphatic rings. The van der Waals surface area contributed by atoms with Gasteiger partial charge in [-0.15, -0.1) is 11.6 Å². The van der Waals surface area contributed by atoms with Gasteiger partial charge in [-0.25, -0.2) is 0 Å². The van der Waals surface area contributed by atoms with E-state index in [9.17, 15) is 0 Å². The Labute approximate surface area is 79.4 Å². The van der Waals surface area contributed by atoms with Crippen molar-refractivity contribution in [3.8, 4) is 5.75 Å². The predicted molar refractivity (Wildman–Crippen MR) is 50.3 cm³/mol. The summed E-state index contributed by atoms with van der Waals surface area (Å²) in [5.74, 6) is 1.34. The first-order chi connectivity index (χ1) is 5.27. The van der Waals surface area contributed by atoms with E-state index in [1.807, 2.05) is 18.2 Å². The fourth-order valence-electron chi connectivity index (χ4n) is 0.787. The number of ether oxygens (including phenoxy) is 1. The van der Waals surface area contributed by atoms with Crippen LogP contribution in [0, 0.1) is 0 Å². The minimum absolute atomic E-state index is 0.518. The molecule has 0 radical (unpaired) electrons. The van der Waals surface area contributed by atoms with Crippen LogP contribution in [0.25, 0.3) is 0 Å². The fraction of sp³-hybridized carbons (Fsp3) is 0.250. The summed E-state index contributed by atoms with van der Waals surface area (Å²) in [5.41, 5.74) is 1.06. The molecule has 0 aliphatic heterocycles. The molecule has 0 amide bonds. The molecule has 0 saturated carbocycles. The average molecular weight is 236 g/mol. The number of rotatable bonds is 2. The molecule has 60 valence electrons. The molecule has 3 heteroatoms. The molecule has 1 nitrogen and oxygen atoms in total. The Kier molecular flexibility index (Phi) is 3.21. The highest BCUT2D eigenvalue weighted by atomic mass is 79.9. The van der Waals surface area contributed by atoms with Gasteiger partial charge >= 0.3 is 0 Å². The molecule has 0 aromatic heterocycles. The normalized spacial score (nSPS) is 9.73. The zero-order valence-electron chi connectivity index (χ0n) is 6.10. The molecule has 1 aromatic carbocycles. The Bertz CT molecular complexity index is 250. The van der Waals surface area contributed by atoms with Crippen molar-refractivity contribution in [2.45, 2.75) is 5.88 Å². The summed E-state index contributed by atoms with van der Waals surface area (Å²) >= 11 is 8.99. The molecule has 0 aliphatic carbocycles. The van der Waals surface area contributed by atoms with Crippen molar-refractivity contribution < 1.29 is 4.74 Å². The first kappa shape index (κ1) is 8.88. The molecular formula is C8H8BrClO. The fourth-order valence-corrected chi connectivity index (χ4v) is 1.36. The highest BCUT2D eigenvalue weighted by Crippen LogP contribution is 2.25. The summed E-state index contributed by atoms with van der Waals surface area (Å²) in [4.78, 5) is 0. The van der Waals surface area contributed by atoms with Crippen LogP contribution >= 0.6 is 27.5 Å². The van der Waals surface area contributed by atoms with E-state index in [-0.39, 0.29) is 0 Å². The standard InChI is InChI=1S/C8H8BrClO/c1-11-8-4-6(5-10)2-3-7(8)9/h2-4H,5H2,1H3. The topological polar surface area (TPSA) is 9.23 Å². The molecule has 0 unspecified atom stereocenters. The molecule has 0 atom stereocenters. The molecule has 0 fully saturated rings. The van der Waals surface area contributed by atoms with E-state index in [4.69, 9.17) is 16.3 Å². The van der Waals surface area contributed by atoms with Crippen LogP contribution in [0.1, 0.15) is 5.56 Å². The summed E-state index contributed by atoms with van der Waals surface area (Å²) < 4.78 is 6.03. The van der Waals surface area contributed by atoms with Gasteiger partial charge in [0.15, 0.2) is 0 Å². The number of benzene rings is 1. The average Bonchev–Trinajstić information content (AvgIpc) is 2.05. The van der Waals surface area contributed by atoms with Crippen LogP contribution in [-0.2, 0) is 5.88 Å². The lowest BCUT2D eigenvalue weighted by molar-refractivity contribution is 0.412. The van der Waals surface area contributed by atoms with Crippen LogP contribution in [0.3, 0.4) is 0 Å². The second kappa shape index (κ2) is 3.98. The van der Waals surface area contributed by atoms with Crippen molar-refractivity contribution in [1.82, 2.24) is 0 Å². The monoisotopic (exact) mass is 234 g/mol. The van der Waals surface area contributed by atoms with Gasteiger partial charge in [-0.1, -0.05) is 6.07 Å². The maximum Gasteiger partial charge on any atom is 0.133 e. The lowest BCUT2D eigenvalue weighted by Gasteiger charge is -2.03. The Morgan fingerprint density at radius 2 is 2.27 bits per heavy atom. The number of hydrogen-bond acceptors (Lipinski definition) is 1. The molecule has 0 heterocycles. The summed E-state index contributed by atoms with van der Waals surface area (Å²) in [6.07, 6.45) is 0. The largest absolute Gasteiger partial charge is 0.496 e. The zero-order valence-corrected chi connectivity index (χ0v) is 8.45. The van der Waals surface area contributed by atoms with Gasteiger partial charge in [-0.3, -0.25) is 0 Å². The summed E-state index contributed by atoms with van der Waals surface area (Å²) in [6, 6.07) is 5.80. The van der Waals surface area contributed by atoms with Gasteiger partial charge in [0, 0.05) is 5.88 Å². The van der Waals surface area contributed by atoms with E-state index < -0.39 is 0 Å². The number of alkyl halides is 1. The smallest absolute Gasteiger partial charge is 0.133 e. The van der Waals surface area contributed by atoms with Crippen LogP contribution in [0.15, 0.2) is 22.7 Å². The first-order valence-corrected chi connectivity index (χ1v) is 4.49. The second-order valence-electron chi connectivity index (χ2n) is 2.10. The van der Waals surface area contributed by atoms with E-state index in [0.717, 1.165) is 15.8 Å². The lowest BCUT2D eigenvalue weighted by Crippen LogP contribution is -1.86. The SMILES string of the molecule is COc1cc(CCl)ccc1Br. The third-order valence-electron chi connectivity index (χ3n) is 1.37. The Hall–Kier alpha value is -0.210. The lowest BCUT2D eigenvalue weighted by atomic mass is 10.2. The van der Waals surface area contributed by atoms with Gasteiger partial charge in [0.2, 0.25) is 0 Å². The van der Waals surface area contributed by atoms with Gasteiger partial charge in [0.05, 0.1) is 11.6 Å². The third-order valence-corrected chi connectivity index (χ3v) is 2.33. The van der Waals surface area contributed by atoms with E-state index in [1.54, 1.807) is 7.11 Å². The van der Waals surface area contributed by atoms with E-state index >= 15 is 0 Å². The maximum absolute atomic E-state index is 5.64. The molecule has 1 aromatic rings. The van der Waals surface area contributed by atoms with Crippen LogP contribution in [0.4, 0.5) is 0 Å². The third kappa shape index (κ3) is 2.11. The molecule has 1 rings (SSSR count). The van der Waals surface area contributed by atoms with Gasteiger partial charge in [-0.2, -0.15) is 0 Å². The van der Waals surface area contributed by atoms with E-state index in [2.05, 4.69) is 15.9 Å². The Morgan fingerprint density at radius 1 is 1.55 bits per heavy atom. The molecular weight excluding hydrogens is 227 g/mol. The van der Waals surface area contributed by atoms with Crippen LogP contribution in [0.5, 0.6) is 5.75 Å². The Morgan fingerprint density at radius 3 is 2.82 bits per heavy atom. The highest BCUT2D eigenvalue weighted by molar-refractivity contribution is 9.10. The van der Waals surface area contributed by atoms with Gasteiger partial charge < -0.3 is 4.74 Å². The van der Waals surface area contributed by atoms with Crippen molar-refractivity contribution in [1.29, 1.82) is 0 Å². The zero-order chi connectivity index (χ0) is 8.27. The summed E-state index contributed by atoms with van der Waals surface area (Å²) in [6.45, 7) is 0. The quantitative estimate of drug-likeness (QED) is 0.715. The van der Waals surface area contributed by atoms with Crippen molar-refractivity contribution >= 4 is 27.5 Å². The molecule has 0 saturated heterocycles. The summed E-state index contributed by atoms with van der Waals surface area (Å²) in [5, 5.41) is 0. The molecule has 0 N–H and O–H groups in total. The van der Waals surface area contributed by atoms with Crippen molar-refractivity contribution in [2.24, 2.45) is 0 Å². The minimum atomic E-state index is 0.518. The minimum Gasteiger partial charge on any atom is -0.496 e. The molecule has 0 bridgehead atoms. The molecule has 11 heavy (non-hydrogen) atoms. The number of halogens is 2. The van der Waals surface area contributed by atoms with Crippen LogP contribution in [-0.4, -0.2) is 7.11 Å². The van der Waals surface area contributed by atoms with Crippen molar-refractivity contribution in [3.05, 3.63) is 28.2 Å². The maximum atomic E-state index is 5.64. The second-order valence-corrected chi connectivity index (χ2v) is 3.22. The van der Waals surface area contributed by atoms with E-state index in [1.165, 1.54) is 0 Å². The van der Waals surface area contributed by atoms with Gasteiger partial charge in [0.1, 0.15) is 5.75 Å². The Balaban J connectivity index is 3.02. The van der Waals surface area contributed by atoms with Gasteiger partial charge in [0.25, 0.3) is 0 Å². The first-order valence-electron chi connectivity index (χ1n) is 3.16. The number of hydrogen-bond donors (Lipinski definition) is 0. The highest BCUT2D eigenvalue weighted by Gasteiger charge is 1.99. The molecule has 0 spiro atoms. The number of methoxy groups -OCH3 is 1.